The number of likely N-dealkylation sites (tertiary alicyclic amines) is 1. The van der Waals surface area contributed by atoms with Gasteiger partial charge in [-0.15, -0.1) is 0 Å². The van der Waals surface area contributed by atoms with Crippen molar-refractivity contribution in [2.75, 3.05) is 44.7 Å². The number of pyridine rings is 1. The van der Waals surface area contributed by atoms with E-state index >= 15 is 0 Å². The van der Waals surface area contributed by atoms with Crippen LogP contribution in [0.1, 0.15) is 47.1 Å². The fraction of sp³-hybridized carbons (Fsp3) is 0.350. The quantitative estimate of drug-likeness (QED) is 0.150. The van der Waals surface area contributed by atoms with E-state index in [1.807, 2.05) is 23.1 Å². The smallest absolute Gasteiger partial charge is 0.320 e. The van der Waals surface area contributed by atoms with E-state index in [2.05, 4.69) is 53.0 Å². The minimum Gasteiger partial charge on any atom is -0.488 e. The van der Waals surface area contributed by atoms with Gasteiger partial charge in [0.15, 0.2) is 5.58 Å². The van der Waals surface area contributed by atoms with Gasteiger partial charge < -0.3 is 28.8 Å². The number of carbonyl (C=O) groups is 1. The highest BCUT2D eigenvalue weighted by molar-refractivity contribution is 6.32. The van der Waals surface area contributed by atoms with Crippen LogP contribution in [0.2, 0.25) is 5.02 Å². The molecule has 7 rings (SSSR count). The van der Waals surface area contributed by atoms with Crippen molar-refractivity contribution in [2.24, 2.45) is 0 Å². The van der Waals surface area contributed by atoms with E-state index in [0.29, 0.717) is 47.6 Å². The van der Waals surface area contributed by atoms with Crippen LogP contribution in [-0.4, -0.2) is 76.7 Å². The Kier molecular flexibility index (Phi) is 10.6. The Hall–Kier alpha value is -5.15. The van der Waals surface area contributed by atoms with Crippen LogP contribution in [0.15, 0.2) is 71.4 Å². The second kappa shape index (κ2) is 15.6. The van der Waals surface area contributed by atoms with Crippen LogP contribution in [0, 0.1) is 18.3 Å². The van der Waals surface area contributed by atoms with Crippen LogP contribution in [0.4, 0.5) is 6.01 Å². The van der Waals surface area contributed by atoms with Crippen molar-refractivity contribution in [3.63, 3.8) is 0 Å². The van der Waals surface area contributed by atoms with E-state index in [-0.39, 0.29) is 13.2 Å². The molecule has 0 amide bonds. The molecule has 2 aliphatic heterocycles. The monoisotopic (exact) mass is 720 g/mol. The highest BCUT2D eigenvalue weighted by Gasteiger charge is 2.29. The zero-order valence-corrected chi connectivity index (χ0v) is 30.1. The molecule has 4 heterocycles. The predicted octanol–water partition coefficient (Wildman–Crippen LogP) is 7.07. The number of halogens is 1. The van der Waals surface area contributed by atoms with Crippen LogP contribution in [0.5, 0.6) is 11.5 Å². The second-order valence-corrected chi connectivity index (χ2v) is 13.9. The van der Waals surface area contributed by atoms with Gasteiger partial charge >= 0.3 is 5.97 Å². The van der Waals surface area contributed by atoms with Crippen molar-refractivity contribution in [1.29, 1.82) is 5.26 Å². The largest absolute Gasteiger partial charge is 0.488 e. The highest BCUT2D eigenvalue weighted by Crippen LogP contribution is 2.37. The van der Waals surface area contributed by atoms with E-state index in [9.17, 15) is 15.2 Å². The van der Waals surface area contributed by atoms with Crippen molar-refractivity contribution in [3.8, 4) is 28.7 Å². The third kappa shape index (κ3) is 7.84. The van der Waals surface area contributed by atoms with Gasteiger partial charge in [0, 0.05) is 62.3 Å². The molecule has 2 fully saturated rings. The summed E-state index contributed by atoms with van der Waals surface area (Å²) in [5.74, 6) is 0.142. The van der Waals surface area contributed by atoms with Gasteiger partial charge in [0.25, 0.3) is 6.01 Å². The zero-order valence-electron chi connectivity index (χ0n) is 29.3. The molecule has 0 saturated carbocycles. The summed E-state index contributed by atoms with van der Waals surface area (Å²) in [5, 5.41) is 19.6. The summed E-state index contributed by atoms with van der Waals surface area (Å²) in [6.07, 6.45) is 5.54. The zero-order chi connectivity index (χ0) is 36.2. The van der Waals surface area contributed by atoms with Gasteiger partial charge in [0.1, 0.15) is 42.3 Å². The maximum atomic E-state index is 12.1. The van der Waals surface area contributed by atoms with Crippen LogP contribution in [0.3, 0.4) is 0 Å². The second-order valence-electron chi connectivity index (χ2n) is 13.5. The summed E-state index contributed by atoms with van der Waals surface area (Å²) < 4.78 is 18.8. The summed E-state index contributed by atoms with van der Waals surface area (Å²) in [6, 6.07) is 19.8. The summed E-state index contributed by atoms with van der Waals surface area (Å²) in [5.41, 5.74) is 7.69. The lowest BCUT2D eigenvalue weighted by atomic mass is 9.96. The molecule has 268 valence electrons. The molecule has 5 aromatic rings. The molecule has 1 unspecified atom stereocenters. The third-order valence-electron chi connectivity index (χ3n) is 10.00. The van der Waals surface area contributed by atoms with E-state index in [1.165, 1.54) is 6.20 Å². The Balaban J connectivity index is 1.12. The first-order valence-corrected chi connectivity index (χ1v) is 18.0. The number of nitrogens with zero attached hydrogens (tertiary/aromatic N) is 6. The number of piperazine rings is 1. The normalized spacial score (nSPS) is 16.9. The van der Waals surface area contributed by atoms with Gasteiger partial charge in [-0.3, -0.25) is 14.7 Å². The molecule has 0 aliphatic carbocycles. The number of aromatic nitrogens is 2. The SMILES string of the molecule is Cc1c(COc2cc(OCc3cncc(C#N)c3)c(CN3CCCCC3C(=O)O)cc2Cl)cccc1-c1ccc2oc(N3CCN(C)CC3)nc2c1. The predicted molar refractivity (Wildman–Crippen MR) is 199 cm³/mol. The van der Waals surface area contributed by atoms with Crippen molar-refractivity contribution in [3.05, 3.63) is 99.8 Å². The highest BCUT2D eigenvalue weighted by atomic mass is 35.5. The van der Waals surface area contributed by atoms with Crippen molar-refractivity contribution in [2.45, 2.75) is 52.0 Å². The molecule has 3 aromatic carbocycles. The Morgan fingerprint density at radius 3 is 2.63 bits per heavy atom. The van der Waals surface area contributed by atoms with Gasteiger partial charge in [-0.05, 0) is 79.9 Å². The topological polar surface area (TPSA) is 128 Å². The Morgan fingerprint density at radius 2 is 1.83 bits per heavy atom. The van der Waals surface area contributed by atoms with Crippen LogP contribution >= 0.6 is 11.6 Å². The molecule has 2 saturated heterocycles. The molecule has 2 aromatic heterocycles. The van der Waals surface area contributed by atoms with Crippen LogP contribution in [-0.2, 0) is 24.6 Å². The number of anilines is 1. The lowest BCUT2D eigenvalue weighted by Crippen LogP contribution is -2.44. The fourth-order valence-electron chi connectivity index (χ4n) is 6.94. The number of oxazole rings is 1. The Labute approximate surface area is 308 Å². The van der Waals surface area contributed by atoms with E-state index < -0.39 is 12.0 Å². The molecular weight excluding hydrogens is 680 g/mol. The third-order valence-corrected chi connectivity index (χ3v) is 10.3. The fourth-order valence-corrected chi connectivity index (χ4v) is 7.18. The van der Waals surface area contributed by atoms with Crippen molar-refractivity contribution in [1.82, 2.24) is 19.8 Å². The molecule has 52 heavy (non-hydrogen) atoms. The summed E-state index contributed by atoms with van der Waals surface area (Å²) in [7, 11) is 2.13. The Bertz CT molecular complexity index is 2120. The van der Waals surface area contributed by atoms with Crippen molar-refractivity contribution < 1.29 is 23.8 Å². The first-order chi connectivity index (χ1) is 25.2. The number of rotatable bonds is 11. The number of hydrogen-bond acceptors (Lipinski definition) is 10. The van der Waals surface area contributed by atoms with Gasteiger partial charge in [-0.25, -0.2) is 0 Å². The Morgan fingerprint density at radius 1 is 1.00 bits per heavy atom. The number of carboxylic acids is 1. The average Bonchev–Trinajstić information content (AvgIpc) is 3.59. The molecule has 1 atom stereocenters. The maximum Gasteiger partial charge on any atom is 0.320 e. The summed E-state index contributed by atoms with van der Waals surface area (Å²) >= 11 is 6.85. The first kappa shape index (κ1) is 35.3. The number of nitriles is 1. The molecule has 12 heteroatoms. The lowest BCUT2D eigenvalue weighted by Gasteiger charge is -2.33. The number of fused-ring (bicyclic) bond motifs is 1. The number of likely N-dealkylation sites (N-methyl/N-ethyl adjacent to an activating group) is 1. The molecule has 2 aliphatic rings. The average molecular weight is 721 g/mol. The number of piperidine rings is 1. The van der Waals surface area contributed by atoms with Gasteiger partial charge in [0.05, 0.1) is 10.6 Å². The standard InChI is InChI=1S/C40H41ClN6O5/c1-26-30(6-5-7-32(26)29-9-10-36-34(18-29)44-40(52-36)46-14-12-45(2)13-15-46)25-51-38-19-37(50-24-28-16-27(20-42)21-43-22-28)31(17-33(38)41)23-47-11-4-3-8-35(47)39(48)49/h5-7,9-10,16-19,21-22,35H,3-4,8,11-15,23-25H2,1-2H3,(H,48,49). The minimum absolute atomic E-state index is 0.160. The number of benzene rings is 3. The minimum atomic E-state index is -0.832. The molecular formula is C40H41ClN6O5. The van der Waals surface area contributed by atoms with Crippen LogP contribution < -0.4 is 14.4 Å². The first-order valence-electron chi connectivity index (χ1n) is 17.6. The summed E-state index contributed by atoms with van der Waals surface area (Å²) in [4.78, 5) is 27.5. The number of aliphatic carboxylic acids is 1. The molecule has 0 radical (unpaired) electrons. The number of hydrogen-bond donors (Lipinski definition) is 1. The molecule has 0 bridgehead atoms. The molecule has 0 spiro atoms. The van der Waals surface area contributed by atoms with Gasteiger partial charge in [0.2, 0.25) is 0 Å². The summed E-state index contributed by atoms with van der Waals surface area (Å²) in [6.45, 7) is 7.24. The van der Waals surface area contributed by atoms with E-state index in [0.717, 1.165) is 83.5 Å². The number of carboxylic acid groups (broad SMARTS) is 1. The van der Waals surface area contributed by atoms with E-state index in [4.69, 9.17) is 30.5 Å². The molecule has 1 N–H and O–H groups in total. The van der Waals surface area contributed by atoms with E-state index in [1.54, 1.807) is 24.4 Å². The lowest BCUT2D eigenvalue weighted by molar-refractivity contribution is -0.144. The maximum absolute atomic E-state index is 12.1. The van der Waals surface area contributed by atoms with Gasteiger partial charge in [-0.2, -0.15) is 10.2 Å². The van der Waals surface area contributed by atoms with Gasteiger partial charge in [-0.1, -0.05) is 42.3 Å². The number of ether oxygens (including phenoxy) is 2. The van der Waals surface area contributed by atoms with Crippen LogP contribution in [0.25, 0.3) is 22.2 Å². The van der Waals surface area contributed by atoms with Crippen molar-refractivity contribution >= 4 is 34.7 Å². The molecule has 11 nitrogen and oxygen atoms in total.